The Hall–Kier alpha value is -3.24. The zero-order valence-electron chi connectivity index (χ0n) is 13.9. The molecule has 0 N–H and O–H groups in total. The smallest absolute Gasteiger partial charge is 0.387 e. The van der Waals surface area contributed by atoms with E-state index >= 15 is 0 Å². The molecule has 26 heavy (non-hydrogen) atoms. The first kappa shape index (κ1) is 19.1. The van der Waals surface area contributed by atoms with Crippen LogP contribution in [0.1, 0.15) is 27.4 Å². The molecule has 2 rings (SSSR count). The van der Waals surface area contributed by atoms with Gasteiger partial charge in [0.2, 0.25) is 0 Å². The molecule has 11 heteroatoms. The maximum atomic E-state index is 12.4. The first-order chi connectivity index (χ1) is 12.2. The molecule has 2 aromatic rings. The summed E-state index contributed by atoms with van der Waals surface area (Å²) in [6.07, 6.45) is 0. The van der Waals surface area contributed by atoms with E-state index in [0.29, 0.717) is 5.69 Å². The predicted molar refractivity (Wildman–Crippen MR) is 81.4 cm³/mol. The third-order valence-electron chi connectivity index (χ3n) is 3.37. The highest BCUT2D eigenvalue weighted by molar-refractivity contribution is 5.91. The number of alkyl halides is 2. The number of methoxy groups -OCH3 is 1. The summed E-state index contributed by atoms with van der Waals surface area (Å²) in [4.78, 5) is 22.5. The summed E-state index contributed by atoms with van der Waals surface area (Å²) in [6, 6.07) is 1.88. The lowest BCUT2D eigenvalue weighted by Gasteiger charge is -2.12. The van der Waals surface area contributed by atoms with Crippen LogP contribution in [-0.4, -0.2) is 29.8 Å². The molecule has 1 heterocycles. The van der Waals surface area contributed by atoms with Gasteiger partial charge in [-0.2, -0.15) is 8.78 Å². The van der Waals surface area contributed by atoms with Crippen molar-refractivity contribution in [3.05, 3.63) is 44.8 Å². The minimum Gasteiger partial charge on any atom is -0.493 e. The number of carbonyl (C=O) groups excluding carboxylic acids is 1. The molecule has 0 unspecified atom stereocenters. The molecule has 1 aromatic heterocycles. The first-order valence-corrected chi connectivity index (χ1v) is 7.14. The quantitative estimate of drug-likeness (QED) is 0.414. The highest BCUT2D eigenvalue weighted by Gasteiger charge is 2.24. The van der Waals surface area contributed by atoms with Gasteiger partial charge in [0.1, 0.15) is 17.9 Å². The Morgan fingerprint density at radius 2 is 2.04 bits per heavy atom. The van der Waals surface area contributed by atoms with Crippen molar-refractivity contribution in [2.75, 3.05) is 7.11 Å². The summed E-state index contributed by atoms with van der Waals surface area (Å²) in [6.45, 7) is -0.635. The van der Waals surface area contributed by atoms with Gasteiger partial charge in [-0.3, -0.25) is 10.1 Å². The summed E-state index contributed by atoms with van der Waals surface area (Å²) in [7, 11) is 1.18. The molecule has 0 bridgehead atoms. The molecule has 0 fully saturated rings. The molecule has 9 nitrogen and oxygen atoms in total. The van der Waals surface area contributed by atoms with Crippen LogP contribution in [0.4, 0.5) is 14.5 Å². The Morgan fingerprint density at radius 1 is 1.35 bits per heavy atom. The highest BCUT2D eigenvalue weighted by atomic mass is 19.3. The van der Waals surface area contributed by atoms with Crippen LogP contribution in [0.15, 0.2) is 16.7 Å². The number of hydrogen-bond acceptors (Lipinski definition) is 8. The number of rotatable bonds is 7. The molecule has 0 spiro atoms. The molecule has 0 saturated carbocycles. The lowest BCUT2D eigenvalue weighted by Crippen LogP contribution is -2.09. The van der Waals surface area contributed by atoms with Crippen LogP contribution in [0.3, 0.4) is 0 Å². The SMILES string of the molecule is COc1cc(COC(=O)c2c(C)noc2C)c([N+](=O)[O-])cc1OC(F)F. The van der Waals surface area contributed by atoms with Crippen molar-refractivity contribution in [2.24, 2.45) is 0 Å². The number of nitrogens with zero attached hydrogens (tertiary/aromatic N) is 2. The molecule has 0 aliphatic heterocycles. The summed E-state index contributed by atoms with van der Waals surface area (Å²) >= 11 is 0. The van der Waals surface area contributed by atoms with Crippen molar-refractivity contribution in [3.8, 4) is 11.5 Å². The van der Waals surface area contributed by atoms with Crippen molar-refractivity contribution in [1.29, 1.82) is 0 Å². The summed E-state index contributed by atoms with van der Waals surface area (Å²) in [5.74, 6) is -1.23. The molecule has 1 aromatic carbocycles. The predicted octanol–water partition coefficient (Wildman–Crippen LogP) is 3.17. The van der Waals surface area contributed by atoms with Gasteiger partial charge in [-0.15, -0.1) is 0 Å². The molecule has 0 atom stereocenters. The van der Waals surface area contributed by atoms with E-state index in [0.717, 1.165) is 12.1 Å². The number of ether oxygens (including phenoxy) is 3. The lowest BCUT2D eigenvalue weighted by molar-refractivity contribution is -0.386. The van der Waals surface area contributed by atoms with Gasteiger partial charge in [-0.1, -0.05) is 5.16 Å². The monoisotopic (exact) mass is 372 g/mol. The van der Waals surface area contributed by atoms with Gasteiger partial charge >= 0.3 is 12.6 Å². The zero-order valence-corrected chi connectivity index (χ0v) is 13.9. The number of carbonyl (C=O) groups is 1. The van der Waals surface area contributed by atoms with Crippen LogP contribution in [0.2, 0.25) is 0 Å². The molecule has 0 amide bonds. The van der Waals surface area contributed by atoms with E-state index in [1.54, 1.807) is 0 Å². The normalized spacial score (nSPS) is 10.7. The summed E-state index contributed by atoms with van der Waals surface area (Å²) in [5.41, 5.74) is -0.209. The number of nitro benzene ring substituents is 1. The van der Waals surface area contributed by atoms with Gasteiger partial charge in [0.25, 0.3) is 5.69 Å². The van der Waals surface area contributed by atoms with Crippen molar-refractivity contribution >= 4 is 11.7 Å². The number of aryl methyl sites for hydroxylation is 2. The lowest BCUT2D eigenvalue weighted by atomic mass is 10.1. The Balaban J connectivity index is 2.30. The molecule has 0 saturated heterocycles. The number of esters is 1. The minimum atomic E-state index is -3.19. The zero-order chi connectivity index (χ0) is 19.4. The Kier molecular flexibility index (Phi) is 5.70. The average molecular weight is 372 g/mol. The minimum absolute atomic E-state index is 0.0615. The molecule has 0 aliphatic carbocycles. The van der Waals surface area contributed by atoms with Crippen molar-refractivity contribution < 1.29 is 37.2 Å². The fraction of sp³-hybridized carbons (Fsp3) is 0.333. The van der Waals surface area contributed by atoms with Crippen molar-refractivity contribution in [3.63, 3.8) is 0 Å². The van der Waals surface area contributed by atoms with E-state index in [2.05, 4.69) is 9.89 Å². The molecular formula is C15H14F2N2O7. The average Bonchev–Trinajstić information content (AvgIpc) is 2.91. The van der Waals surface area contributed by atoms with E-state index in [-0.39, 0.29) is 22.6 Å². The van der Waals surface area contributed by atoms with E-state index in [1.165, 1.54) is 21.0 Å². The maximum Gasteiger partial charge on any atom is 0.387 e. The molecule has 0 radical (unpaired) electrons. The number of aromatic nitrogens is 1. The topological polar surface area (TPSA) is 114 Å². The van der Waals surface area contributed by atoms with Crippen molar-refractivity contribution in [2.45, 2.75) is 27.1 Å². The molecule has 140 valence electrons. The number of nitro groups is 1. The fourth-order valence-electron chi connectivity index (χ4n) is 2.21. The van der Waals surface area contributed by atoms with E-state index in [4.69, 9.17) is 14.0 Å². The van der Waals surface area contributed by atoms with Gasteiger partial charge in [0.15, 0.2) is 11.5 Å². The number of halogens is 2. The summed E-state index contributed by atoms with van der Waals surface area (Å²) in [5, 5.41) is 14.8. The number of benzene rings is 1. The van der Waals surface area contributed by atoms with Crippen LogP contribution >= 0.6 is 0 Å². The van der Waals surface area contributed by atoms with Crippen LogP contribution < -0.4 is 9.47 Å². The molecule has 0 aliphatic rings. The van der Waals surface area contributed by atoms with E-state index in [1.807, 2.05) is 0 Å². The Morgan fingerprint density at radius 3 is 2.54 bits per heavy atom. The van der Waals surface area contributed by atoms with Gasteiger partial charge in [0.05, 0.1) is 29.4 Å². The van der Waals surface area contributed by atoms with Crippen LogP contribution in [0.25, 0.3) is 0 Å². The van der Waals surface area contributed by atoms with Crippen molar-refractivity contribution in [1.82, 2.24) is 5.16 Å². The van der Waals surface area contributed by atoms with Gasteiger partial charge in [-0.05, 0) is 19.9 Å². The largest absolute Gasteiger partial charge is 0.493 e. The highest BCUT2D eigenvalue weighted by Crippen LogP contribution is 2.36. The Bertz CT molecular complexity index is 816. The molecular weight excluding hydrogens is 358 g/mol. The standard InChI is InChI=1S/C15H14F2N2O7/c1-7-13(8(2)26-18-7)14(20)24-6-9-4-11(23-3)12(25-15(16)17)5-10(9)19(21)22/h4-5,15H,6H2,1-3H3. The number of hydrogen-bond donors (Lipinski definition) is 0. The Labute approximate surface area is 145 Å². The van der Waals surface area contributed by atoms with E-state index in [9.17, 15) is 23.7 Å². The van der Waals surface area contributed by atoms with Crippen LogP contribution in [0.5, 0.6) is 11.5 Å². The second-order valence-electron chi connectivity index (χ2n) is 5.04. The van der Waals surface area contributed by atoms with Gasteiger partial charge in [-0.25, -0.2) is 4.79 Å². The fourth-order valence-corrected chi connectivity index (χ4v) is 2.21. The second-order valence-corrected chi connectivity index (χ2v) is 5.04. The van der Waals surface area contributed by atoms with Gasteiger partial charge in [0, 0.05) is 0 Å². The van der Waals surface area contributed by atoms with E-state index < -0.39 is 35.5 Å². The third kappa shape index (κ3) is 4.05. The van der Waals surface area contributed by atoms with Gasteiger partial charge < -0.3 is 18.7 Å². The second kappa shape index (κ2) is 7.76. The maximum absolute atomic E-state index is 12.4. The van der Waals surface area contributed by atoms with Crippen LogP contribution in [0, 0.1) is 24.0 Å². The summed E-state index contributed by atoms with van der Waals surface area (Å²) < 4.78 is 43.9. The third-order valence-corrected chi connectivity index (χ3v) is 3.37. The first-order valence-electron chi connectivity index (χ1n) is 7.14. The van der Waals surface area contributed by atoms with Crippen LogP contribution in [-0.2, 0) is 11.3 Å².